The molecular weight excluding hydrogens is 416 g/mol. The first-order valence-electron chi connectivity index (χ1n) is 8.68. The molecule has 10 nitrogen and oxygen atoms in total. The second kappa shape index (κ2) is 7.99. The molecule has 156 valence electrons. The van der Waals surface area contributed by atoms with Gasteiger partial charge in [0, 0.05) is 22.7 Å². The number of nitrogens with one attached hydrogen (secondary N) is 2. The minimum Gasteiger partial charge on any atom is -0.495 e. The fraction of sp³-hybridized carbons (Fsp3) is 0.211. The molecule has 0 aliphatic carbocycles. The average molecular weight is 433 g/mol. The molecule has 1 aliphatic heterocycles. The summed E-state index contributed by atoms with van der Waals surface area (Å²) in [5.74, 6) is -1.20. The maximum absolute atomic E-state index is 12.9. The largest absolute Gasteiger partial charge is 0.495 e. The van der Waals surface area contributed by atoms with Gasteiger partial charge in [0.1, 0.15) is 17.8 Å². The number of methoxy groups -OCH3 is 1. The van der Waals surface area contributed by atoms with Crippen molar-refractivity contribution in [3.8, 4) is 5.75 Å². The molecule has 3 rings (SSSR count). The van der Waals surface area contributed by atoms with Crippen LogP contribution in [0.2, 0.25) is 5.02 Å². The number of carbonyl (C=O) groups is 3. The topological polar surface area (TPSA) is 131 Å². The maximum atomic E-state index is 12.9. The van der Waals surface area contributed by atoms with Crippen molar-refractivity contribution >= 4 is 40.8 Å². The van der Waals surface area contributed by atoms with E-state index in [-0.39, 0.29) is 17.1 Å². The van der Waals surface area contributed by atoms with Crippen LogP contribution in [0, 0.1) is 10.1 Å². The SMILES string of the molecule is COc1ccc([N+](=O)[O-])cc1NC(=O)CN1C(=O)N[C@](C)(c2ccccc2Cl)C1=O. The maximum Gasteiger partial charge on any atom is 0.325 e. The average Bonchev–Trinajstić information content (AvgIpc) is 2.92. The standard InChI is InChI=1S/C19H17ClN4O6/c1-19(12-5-3-4-6-13(12)20)17(26)23(18(27)22-19)10-16(25)21-14-9-11(24(28)29)7-8-15(14)30-2/h3-9H,10H2,1-2H3,(H,21,25)(H,22,27)/t19-/m1/s1. The Kier molecular flexibility index (Phi) is 5.61. The van der Waals surface area contributed by atoms with E-state index in [4.69, 9.17) is 16.3 Å². The molecule has 0 saturated carbocycles. The van der Waals surface area contributed by atoms with Gasteiger partial charge in [0.2, 0.25) is 5.91 Å². The highest BCUT2D eigenvalue weighted by atomic mass is 35.5. The Bertz CT molecular complexity index is 1060. The van der Waals surface area contributed by atoms with Crippen molar-refractivity contribution in [2.45, 2.75) is 12.5 Å². The Hall–Kier alpha value is -3.66. The predicted octanol–water partition coefficient (Wildman–Crippen LogP) is 2.66. The first-order chi connectivity index (χ1) is 14.2. The molecule has 30 heavy (non-hydrogen) atoms. The van der Waals surface area contributed by atoms with Crippen LogP contribution in [0.1, 0.15) is 12.5 Å². The Balaban J connectivity index is 1.80. The van der Waals surface area contributed by atoms with Gasteiger partial charge < -0.3 is 15.4 Å². The molecule has 2 aromatic carbocycles. The van der Waals surface area contributed by atoms with Crippen LogP contribution in [0.4, 0.5) is 16.2 Å². The smallest absolute Gasteiger partial charge is 0.325 e. The highest BCUT2D eigenvalue weighted by Crippen LogP contribution is 2.33. The lowest BCUT2D eigenvalue weighted by molar-refractivity contribution is -0.384. The Morgan fingerprint density at radius 1 is 1.30 bits per heavy atom. The van der Waals surface area contributed by atoms with Crippen molar-refractivity contribution in [3.05, 3.63) is 63.2 Å². The van der Waals surface area contributed by atoms with Crippen LogP contribution in [0.15, 0.2) is 42.5 Å². The molecule has 0 bridgehead atoms. The summed E-state index contributed by atoms with van der Waals surface area (Å²) in [6.45, 7) is 0.895. The van der Waals surface area contributed by atoms with Crippen molar-refractivity contribution in [2.24, 2.45) is 0 Å². The van der Waals surface area contributed by atoms with Crippen LogP contribution >= 0.6 is 11.6 Å². The zero-order valence-corrected chi connectivity index (χ0v) is 16.7. The third kappa shape index (κ3) is 3.77. The molecule has 1 saturated heterocycles. The monoisotopic (exact) mass is 432 g/mol. The first-order valence-corrected chi connectivity index (χ1v) is 9.06. The summed E-state index contributed by atoms with van der Waals surface area (Å²) < 4.78 is 5.09. The van der Waals surface area contributed by atoms with E-state index in [0.29, 0.717) is 10.6 Å². The van der Waals surface area contributed by atoms with Crippen LogP contribution in [-0.4, -0.2) is 41.3 Å². The molecule has 4 amide bonds. The van der Waals surface area contributed by atoms with Crippen molar-refractivity contribution < 1.29 is 24.0 Å². The van der Waals surface area contributed by atoms with Crippen LogP contribution in [-0.2, 0) is 15.1 Å². The number of halogens is 1. The third-order valence-corrected chi connectivity index (χ3v) is 4.99. The number of benzene rings is 2. The summed E-state index contributed by atoms with van der Waals surface area (Å²) >= 11 is 6.17. The van der Waals surface area contributed by atoms with Gasteiger partial charge >= 0.3 is 6.03 Å². The molecular formula is C19H17ClN4O6. The molecule has 0 unspecified atom stereocenters. The summed E-state index contributed by atoms with van der Waals surface area (Å²) in [6, 6.07) is 9.48. The minimum absolute atomic E-state index is 0.0395. The number of hydrogen-bond acceptors (Lipinski definition) is 6. The lowest BCUT2D eigenvalue weighted by atomic mass is 9.92. The molecule has 1 aliphatic rings. The van der Waals surface area contributed by atoms with Gasteiger partial charge in [-0.1, -0.05) is 29.8 Å². The van der Waals surface area contributed by atoms with E-state index in [2.05, 4.69) is 10.6 Å². The van der Waals surface area contributed by atoms with Gasteiger partial charge in [-0.05, 0) is 19.1 Å². The predicted molar refractivity (Wildman–Crippen MR) is 107 cm³/mol. The number of anilines is 1. The molecule has 0 spiro atoms. The van der Waals surface area contributed by atoms with Crippen LogP contribution < -0.4 is 15.4 Å². The van der Waals surface area contributed by atoms with E-state index in [1.54, 1.807) is 24.3 Å². The number of rotatable bonds is 6. The van der Waals surface area contributed by atoms with E-state index < -0.39 is 34.9 Å². The number of ether oxygens (including phenoxy) is 1. The number of non-ortho nitro benzene ring substituents is 1. The zero-order chi connectivity index (χ0) is 22.1. The summed E-state index contributed by atoms with van der Waals surface area (Å²) in [5, 5.41) is 16.3. The second-order valence-electron chi connectivity index (χ2n) is 6.62. The quantitative estimate of drug-likeness (QED) is 0.410. The number of imide groups is 1. The number of nitro groups is 1. The summed E-state index contributed by atoms with van der Waals surface area (Å²) in [4.78, 5) is 48.9. The van der Waals surface area contributed by atoms with E-state index in [0.717, 1.165) is 11.0 Å². The van der Waals surface area contributed by atoms with Gasteiger partial charge in [0.05, 0.1) is 17.7 Å². The first kappa shape index (κ1) is 21.1. The van der Waals surface area contributed by atoms with E-state index >= 15 is 0 Å². The van der Waals surface area contributed by atoms with Crippen LogP contribution in [0.5, 0.6) is 5.75 Å². The summed E-state index contributed by atoms with van der Waals surface area (Å²) in [6.07, 6.45) is 0. The molecule has 0 aromatic heterocycles. The van der Waals surface area contributed by atoms with Crippen molar-refractivity contribution in [1.29, 1.82) is 0 Å². The highest BCUT2D eigenvalue weighted by molar-refractivity contribution is 6.32. The number of amides is 4. The van der Waals surface area contributed by atoms with Crippen molar-refractivity contribution in [2.75, 3.05) is 19.0 Å². The lowest BCUT2D eigenvalue weighted by Crippen LogP contribution is -2.42. The fourth-order valence-electron chi connectivity index (χ4n) is 3.13. The van der Waals surface area contributed by atoms with E-state index in [9.17, 15) is 24.5 Å². The lowest BCUT2D eigenvalue weighted by Gasteiger charge is -2.23. The van der Waals surface area contributed by atoms with Gasteiger partial charge in [-0.15, -0.1) is 0 Å². The second-order valence-corrected chi connectivity index (χ2v) is 7.02. The molecule has 0 radical (unpaired) electrons. The number of hydrogen-bond donors (Lipinski definition) is 2. The molecule has 1 fully saturated rings. The number of nitrogens with zero attached hydrogens (tertiary/aromatic N) is 2. The number of nitro benzene ring substituents is 1. The summed E-state index contributed by atoms with van der Waals surface area (Å²) in [5.41, 5.74) is -1.25. The van der Waals surface area contributed by atoms with Gasteiger partial charge in [-0.3, -0.25) is 24.6 Å². The van der Waals surface area contributed by atoms with Gasteiger partial charge in [-0.25, -0.2) is 4.79 Å². The normalized spacial score (nSPS) is 18.2. The van der Waals surface area contributed by atoms with E-state index in [1.807, 2.05) is 0 Å². The summed E-state index contributed by atoms with van der Waals surface area (Å²) in [7, 11) is 1.34. The highest BCUT2D eigenvalue weighted by Gasteiger charge is 2.50. The fourth-order valence-corrected chi connectivity index (χ4v) is 3.46. The van der Waals surface area contributed by atoms with Gasteiger partial charge in [0.15, 0.2) is 0 Å². The molecule has 1 heterocycles. The zero-order valence-electron chi connectivity index (χ0n) is 16.0. The Morgan fingerprint density at radius 2 is 2.00 bits per heavy atom. The van der Waals surface area contributed by atoms with Gasteiger partial charge in [0.25, 0.3) is 11.6 Å². The van der Waals surface area contributed by atoms with Crippen molar-refractivity contribution in [3.63, 3.8) is 0 Å². The van der Waals surface area contributed by atoms with Crippen LogP contribution in [0.3, 0.4) is 0 Å². The molecule has 2 aromatic rings. The Morgan fingerprint density at radius 3 is 2.63 bits per heavy atom. The van der Waals surface area contributed by atoms with E-state index in [1.165, 1.54) is 26.2 Å². The molecule has 1 atom stereocenters. The van der Waals surface area contributed by atoms with Crippen molar-refractivity contribution in [1.82, 2.24) is 10.2 Å². The third-order valence-electron chi connectivity index (χ3n) is 4.66. The number of carbonyl (C=O) groups excluding carboxylic acids is 3. The Labute approximate surface area is 175 Å². The molecule has 2 N–H and O–H groups in total. The minimum atomic E-state index is -1.43. The van der Waals surface area contributed by atoms with Crippen LogP contribution in [0.25, 0.3) is 0 Å². The van der Waals surface area contributed by atoms with Gasteiger partial charge in [-0.2, -0.15) is 0 Å². The number of urea groups is 1. The molecule has 11 heteroatoms.